The maximum absolute atomic E-state index is 13.4. The molecule has 5 nitrogen and oxygen atoms in total. The fraction of sp³-hybridized carbons (Fsp3) is 0.438. The standard InChI is InChI=1S/C16H20FN3O2S/c1-11-9-13(17)6-7-14(11)15-5-4-8-20(15)23(21,22)16-12(2)10-18-19(16)3/h6-7,9-10,15H,4-5,8H2,1-3H3. The van der Waals surface area contributed by atoms with Gasteiger partial charge in [0.15, 0.2) is 5.03 Å². The van der Waals surface area contributed by atoms with Crippen LogP contribution in [0.2, 0.25) is 0 Å². The number of aromatic nitrogens is 2. The van der Waals surface area contributed by atoms with Crippen molar-refractivity contribution in [2.24, 2.45) is 7.05 Å². The minimum Gasteiger partial charge on any atom is -0.256 e. The summed E-state index contributed by atoms with van der Waals surface area (Å²) in [6, 6.07) is 4.28. The number of halogens is 1. The lowest BCUT2D eigenvalue weighted by Gasteiger charge is -2.26. The Labute approximate surface area is 135 Å². The number of hydrogen-bond acceptors (Lipinski definition) is 3. The van der Waals surface area contributed by atoms with Gasteiger partial charge in [-0.3, -0.25) is 4.68 Å². The molecule has 1 unspecified atom stereocenters. The molecule has 3 rings (SSSR count). The zero-order valence-corrected chi connectivity index (χ0v) is 14.3. The molecule has 1 aromatic carbocycles. The van der Waals surface area contributed by atoms with Crippen molar-refractivity contribution >= 4 is 10.0 Å². The third-order valence-electron chi connectivity index (χ3n) is 4.40. The van der Waals surface area contributed by atoms with Crippen LogP contribution in [-0.2, 0) is 17.1 Å². The van der Waals surface area contributed by atoms with E-state index in [4.69, 9.17) is 0 Å². The van der Waals surface area contributed by atoms with Crippen LogP contribution in [0.25, 0.3) is 0 Å². The highest BCUT2D eigenvalue weighted by atomic mass is 32.2. The zero-order chi connectivity index (χ0) is 16.8. The first-order valence-electron chi connectivity index (χ1n) is 7.59. The number of nitrogens with zero attached hydrogens (tertiary/aromatic N) is 3. The van der Waals surface area contributed by atoms with Gasteiger partial charge in [0.2, 0.25) is 0 Å². The Bertz CT molecular complexity index is 826. The van der Waals surface area contributed by atoms with Crippen LogP contribution in [0.1, 0.15) is 35.6 Å². The molecule has 0 radical (unpaired) electrons. The van der Waals surface area contributed by atoms with E-state index in [-0.39, 0.29) is 16.9 Å². The molecule has 2 heterocycles. The molecule has 1 saturated heterocycles. The lowest BCUT2D eigenvalue weighted by atomic mass is 10.00. The van der Waals surface area contributed by atoms with Gasteiger partial charge in [0.1, 0.15) is 5.82 Å². The van der Waals surface area contributed by atoms with Crippen molar-refractivity contribution in [3.05, 3.63) is 46.9 Å². The molecule has 1 fully saturated rings. The van der Waals surface area contributed by atoms with Gasteiger partial charge in [-0.1, -0.05) is 6.07 Å². The van der Waals surface area contributed by atoms with Crippen LogP contribution in [0, 0.1) is 19.7 Å². The molecule has 0 saturated carbocycles. The molecule has 0 N–H and O–H groups in total. The summed E-state index contributed by atoms with van der Waals surface area (Å²) in [6.45, 7) is 4.03. The van der Waals surface area contributed by atoms with E-state index in [9.17, 15) is 12.8 Å². The molecule has 0 amide bonds. The van der Waals surface area contributed by atoms with E-state index in [2.05, 4.69) is 5.10 Å². The van der Waals surface area contributed by atoms with Crippen LogP contribution < -0.4 is 0 Å². The van der Waals surface area contributed by atoms with Crippen LogP contribution in [0.3, 0.4) is 0 Å². The lowest BCUT2D eigenvalue weighted by Crippen LogP contribution is -2.32. The second kappa shape index (κ2) is 5.72. The number of aryl methyl sites for hydroxylation is 3. The highest BCUT2D eigenvalue weighted by Crippen LogP contribution is 2.38. The first kappa shape index (κ1) is 16.1. The second-order valence-corrected chi connectivity index (χ2v) is 7.84. The highest BCUT2D eigenvalue weighted by Gasteiger charge is 2.39. The van der Waals surface area contributed by atoms with E-state index in [1.54, 1.807) is 26.2 Å². The topological polar surface area (TPSA) is 55.2 Å². The average Bonchev–Trinajstić information content (AvgIpc) is 3.06. The molecular weight excluding hydrogens is 317 g/mol. The molecule has 1 aliphatic heterocycles. The third-order valence-corrected chi connectivity index (χ3v) is 6.53. The van der Waals surface area contributed by atoms with E-state index in [1.165, 1.54) is 21.1 Å². The Hall–Kier alpha value is -1.73. The zero-order valence-electron chi connectivity index (χ0n) is 13.5. The van der Waals surface area contributed by atoms with Crippen LogP contribution in [0.15, 0.2) is 29.4 Å². The number of benzene rings is 1. The molecule has 0 spiro atoms. The van der Waals surface area contributed by atoms with E-state index < -0.39 is 10.0 Å². The lowest BCUT2D eigenvalue weighted by molar-refractivity contribution is 0.390. The molecule has 0 aliphatic carbocycles. The summed E-state index contributed by atoms with van der Waals surface area (Å²) in [6.07, 6.45) is 3.08. The van der Waals surface area contributed by atoms with Gasteiger partial charge in [-0.05, 0) is 49.9 Å². The summed E-state index contributed by atoms with van der Waals surface area (Å²) in [5, 5.41) is 4.27. The van der Waals surface area contributed by atoms with Crippen LogP contribution in [0.4, 0.5) is 4.39 Å². The van der Waals surface area contributed by atoms with Crippen LogP contribution in [0.5, 0.6) is 0 Å². The minimum absolute atomic E-state index is 0.226. The monoisotopic (exact) mass is 337 g/mol. The number of hydrogen-bond donors (Lipinski definition) is 0. The van der Waals surface area contributed by atoms with E-state index in [0.717, 1.165) is 24.0 Å². The molecule has 2 aromatic rings. The average molecular weight is 337 g/mol. The van der Waals surface area contributed by atoms with Crippen LogP contribution in [-0.4, -0.2) is 29.0 Å². The van der Waals surface area contributed by atoms with Crippen molar-refractivity contribution < 1.29 is 12.8 Å². The molecule has 23 heavy (non-hydrogen) atoms. The van der Waals surface area contributed by atoms with Crippen LogP contribution >= 0.6 is 0 Å². The Morgan fingerprint density at radius 2 is 2.00 bits per heavy atom. The van der Waals surface area contributed by atoms with E-state index in [1.807, 2.05) is 6.92 Å². The Morgan fingerprint density at radius 1 is 1.26 bits per heavy atom. The Kier molecular flexibility index (Phi) is 4.01. The largest absolute Gasteiger partial charge is 0.261 e. The van der Waals surface area contributed by atoms with Gasteiger partial charge in [-0.25, -0.2) is 12.8 Å². The molecule has 7 heteroatoms. The third kappa shape index (κ3) is 2.68. The predicted molar refractivity (Wildman–Crippen MR) is 84.9 cm³/mol. The molecule has 0 bridgehead atoms. The van der Waals surface area contributed by atoms with Gasteiger partial charge in [-0.2, -0.15) is 9.40 Å². The van der Waals surface area contributed by atoms with Crippen molar-refractivity contribution in [3.63, 3.8) is 0 Å². The van der Waals surface area contributed by atoms with Crippen molar-refractivity contribution in [1.82, 2.24) is 14.1 Å². The van der Waals surface area contributed by atoms with Gasteiger partial charge in [0.05, 0.1) is 12.2 Å². The highest BCUT2D eigenvalue weighted by molar-refractivity contribution is 7.89. The van der Waals surface area contributed by atoms with Gasteiger partial charge in [0.25, 0.3) is 10.0 Å². The summed E-state index contributed by atoms with van der Waals surface area (Å²) in [5.41, 5.74) is 2.28. The van der Waals surface area contributed by atoms with Crippen molar-refractivity contribution in [1.29, 1.82) is 0 Å². The summed E-state index contributed by atoms with van der Waals surface area (Å²) < 4.78 is 42.5. The molecule has 1 atom stereocenters. The van der Waals surface area contributed by atoms with Crippen molar-refractivity contribution in [3.8, 4) is 0 Å². The quantitative estimate of drug-likeness (QED) is 0.865. The van der Waals surface area contributed by atoms with E-state index >= 15 is 0 Å². The fourth-order valence-corrected chi connectivity index (χ4v) is 5.36. The first-order chi connectivity index (χ1) is 10.8. The molecule has 124 valence electrons. The fourth-order valence-electron chi connectivity index (χ4n) is 3.37. The summed E-state index contributed by atoms with van der Waals surface area (Å²) >= 11 is 0. The molecule has 1 aromatic heterocycles. The molecular formula is C16H20FN3O2S. The number of rotatable bonds is 3. The van der Waals surface area contributed by atoms with Gasteiger partial charge < -0.3 is 0 Å². The summed E-state index contributed by atoms with van der Waals surface area (Å²) in [7, 11) is -2.01. The molecule has 1 aliphatic rings. The second-order valence-electron chi connectivity index (χ2n) is 6.03. The van der Waals surface area contributed by atoms with E-state index in [0.29, 0.717) is 12.1 Å². The first-order valence-corrected chi connectivity index (χ1v) is 9.03. The van der Waals surface area contributed by atoms with Gasteiger partial charge in [-0.15, -0.1) is 0 Å². The Morgan fingerprint density at radius 3 is 2.61 bits per heavy atom. The predicted octanol–water partition coefficient (Wildman–Crippen LogP) is 2.70. The summed E-state index contributed by atoms with van der Waals surface area (Å²) in [5.74, 6) is -0.305. The smallest absolute Gasteiger partial charge is 0.256 e. The van der Waals surface area contributed by atoms with Gasteiger partial charge in [0, 0.05) is 19.2 Å². The number of sulfonamides is 1. The SMILES string of the molecule is Cc1cc(F)ccc1C1CCCN1S(=O)(=O)c1c(C)cnn1C. The normalized spacial score (nSPS) is 19.4. The minimum atomic E-state index is -3.64. The van der Waals surface area contributed by atoms with Crippen molar-refractivity contribution in [2.75, 3.05) is 6.54 Å². The van der Waals surface area contributed by atoms with Crippen molar-refractivity contribution in [2.45, 2.75) is 37.8 Å². The summed E-state index contributed by atoms with van der Waals surface area (Å²) in [4.78, 5) is 0. The maximum Gasteiger partial charge on any atom is 0.261 e. The Balaban J connectivity index is 2.05. The van der Waals surface area contributed by atoms with Gasteiger partial charge >= 0.3 is 0 Å². The maximum atomic E-state index is 13.4.